The second-order valence-corrected chi connectivity index (χ2v) is 5.23. The molecular weight excluding hydrogens is 304 g/mol. The quantitative estimate of drug-likeness (QED) is 0.945. The molecule has 0 saturated heterocycles. The standard InChI is InChI=1S/C12H12BrClN2O/c1-16-7-8(6-15-16)4-12(17)10-5-9(13)2-3-11(10)14/h2-3,5-7,12,17H,4H2,1H3. The van der Waals surface area contributed by atoms with Crippen LogP contribution in [0, 0.1) is 0 Å². The number of halogens is 2. The molecule has 0 amide bonds. The molecule has 0 aliphatic heterocycles. The number of nitrogens with zero attached hydrogens (tertiary/aromatic N) is 2. The lowest BCUT2D eigenvalue weighted by Gasteiger charge is -2.12. The van der Waals surface area contributed by atoms with E-state index in [1.54, 1.807) is 16.9 Å². The third-order valence-electron chi connectivity index (χ3n) is 2.50. The van der Waals surface area contributed by atoms with E-state index >= 15 is 0 Å². The van der Waals surface area contributed by atoms with E-state index in [1.807, 2.05) is 25.4 Å². The van der Waals surface area contributed by atoms with Crippen LogP contribution in [0.2, 0.25) is 5.02 Å². The highest BCUT2D eigenvalue weighted by Gasteiger charge is 2.13. The van der Waals surface area contributed by atoms with Crippen molar-refractivity contribution in [3.63, 3.8) is 0 Å². The first-order valence-corrected chi connectivity index (χ1v) is 6.34. The predicted molar refractivity (Wildman–Crippen MR) is 71.0 cm³/mol. The molecule has 3 nitrogen and oxygen atoms in total. The number of benzene rings is 1. The van der Waals surface area contributed by atoms with Crippen LogP contribution in [0.3, 0.4) is 0 Å². The lowest BCUT2D eigenvalue weighted by Crippen LogP contribution is -2.02. The maximum absolute atomic E-state index is 10.1. The van der Waals surface area contributed by atoms with Gasteiger partial charge in [0.1, 0.15) is 0 Å². The van der Waals surface area contributed by atoms with Gasteiger partial charge in [-0.2, -0.15) is 5.10 Å². The van der Waals surface area contributed by atoms with Crippen LogP contribution in [0.15, 0.2) is 35.1 Å². The Kier molecular flexibility index (Phi) is 3.86. The average Bonchev–Trinajstić information content (AvgIpc) is 2.67. The lowest BCUT2D eigenvalue weighted by molar-refractivity contribution is 0.178. The van der Waals surface area contributed by atoms with Crippen molar-refractivity contribution in [3.05, 3.63) is 51.2 Å². The molecule has 1 heterocycles. The molecule has 1 aromatic carbocycles. The maximum Gasteiger partial charge on any atom is 0.0846 e. The summed E-state index contributed by atoms with van der Waals surface area (Å²) in [6, 6.07) is 5.46. The third kappa shape index (κ3) is 3.09. The summed E-state index contributed by atoms with van der Waals surface area (Å²) in [5, 5.41) is 14.8. The van der Waals surface area contributed by atoms with Gasteiger partial charge in [-0.1, -0.05) is 27.5 Å². The van der Waals surface area contributed by atoms with E-state index in [0.29, 0.717) is 11.4 Å². The van der Waals surface area contributed by atoms with E-state index in [9.17, 15) is 5.11 Å². The Hall–Kier alpha value is -0.840. The second-order valence-electron chi connectivity index (χ2n) is 3.91. The van der Waals surface area contributed by atoms with Crippen LogP contribution in [-0.2, 0) is 13.5 Å². The van der Waals surface area contributed by atoms with Gasteiger partial charge in [-0.3, -0.25) is 4.68 Å². The monoisotopic (exact) mass is 314 g/mol. The molecule has 17 heavy (non-hydrogen) atoms. The van der Waals surface area contributed by atoms with Crippen LogP contribution < -0.4 is 0 Å². The van der Waals surface area contributed by atoms with Gasteiger partial charge in [0, 0.05) is 34.7 Å². The van der Waals surface area contributed by atoms with E-state index in [-0.39, 0.29) is 0 Å². The first kappa shape index (κ1) is 12.6. The zero-order valence-electron chi connectivity index (χ0n) is 9.27. The van der Waals surface area contributed by atoms with E-state index in [4.69, 9.17) is 11.6 Å². The molecule has 1 aromatic heterocycles. The van der Waals surface area contributed by atoms with Crippen LogP contribution in [-0.4, -0.2) is 14.9 Å². The van der Waals surface area contributed by atoms with Crippen molar-refractivity contribution in [1.29, 1.82) is 0 Å². The molecule has 2 aromatic rings. The zero-order chi connectivity index (χ0) is 12.4. The summed E-state index contributed by atoms with van der Waals surface area (Å²) in [5.41, 5.74) is 1.71. The number of aryl methyl sites for hydroxylation is 1. The highest BCUT2D eigenvalue weighted by atomic mass is 79.9. The molecule has 0 aliphatic rings. The Morgan fingerprint density at radius 1 is 1.53 bits per heavy atom. The van der Waals surface area contributed by atoms with Crippen LogP contribution in [0.1, 0.15) is 17.2 Å². The highest BCUT2D eigenvalue weighted by molar-refractivity contribution is 9.10. The molecule has 0 bridgehead atoms. The summed E-state index contributed by atoms with van der Waals surface area (Å²) in [4.78, 5) is 0. The summed E-state index contributed by atoms with van der Waals surface area (Å²) in [7, 11) is 1.85. The van der Waals surface area contributed by atoms with Gasteiger partial charge in [0.15, 0.2) is 0 Å². The van der Waals surface area contributed by atoms with Crippen molar-refractivity contribution < 1.29 is 5.11 Å². The van der Waals surface area contributed by atoms with Crippen molar-refractivity contribution in [2.75, 3.05) is 0 Å². The van der Waals surface area contributed by atoms with Gasteiger partial charge in [-0.05, 0) is 23.8 Å². The molecule has 1 unspecified atom stereocenters. The molecule has 0 aliphatic carbocycles. The molecule has 0 radical (unpaired) electrons. The third-order valence-corrected chi connectivity index (χ3v) is 3.34. The first-order valence-electron chi connectivity index (χ1n) is 5.17. The Morgan fingerprint density at radius 3 is 2.94 bits per heavy atom. The topological polar surface area (TPSA) is 38.0 Å². The molecule has 0 saturated carbocycles. The fourth-order valence-electron chi connectivity index (χ4n) is 1.68. The van der Waals surface area contributed by atoms with Gasteiger partial charge in [0.2, 0.25) is 0 Å². The number of hydrogen-bond acceptors (Lipinski definition) is 2. The van der Waals surface area contributed by atoms with Gasteiger partial charge >= 0.3 is 0 Å². The summed E-state index contributed by atoms with van der Waals surface area (Å²) in [6.07, 6.45) is 3.51. The Labute approximate surface area is 113 Å². The number of rotatable bonds is 3. The van der Waals surface area contributed by atoms with Crippen molar-refractivity contribution in [2.45, 2.75) is 12.5 Å². The molecule has 1 atom stereocenters. The molecule has 5 heteroatoms. The Bertz CT molecular complexity index is 527. The van der Waals surface area contributed by atoms with E-state index in [2.05, 4.69) is 21.0 Å². The minimum atomic E-state index is -0.621. The number of hydrogen-bond donors (Lipinski definition) is 1. The van der Waals surface area contributed by atoms with Gasteiger partial charge in [-0.15, -0.1) is 0 Å². The van der Waals surface area contributed by atoms with Crippen LogP contribution >= 0.6 is 27.5 Å². The van der Waals surface area contributed by atoms with Gasteiger partial charge in [0.25, 0.3) is 0 Å². The molecule has 1 N–H and O–H groups in total. The van der Waals surface area contributed by atoms with E-state index < -0.39 is 6.10 Å². The second kappa shape index (κ2) is 5.21. The number of aromatic nitrogens is 2. The number of aliphatic hydroxyl groups excluding tert-OH is 1. The van der Waals surface area contributed by atoms with Crippen molar-refractivity contribution in [2.24, 2.45) is 7.05 Å². The van der Waals surface area contributed by atoms with Gasteiger partial charge < -0.3 is 5.11 Å². The zero-order valence-corrected chi connectivity index (χ0v) is 11.6. The lowest BCUT2D eigenvalue weighted by atomic mass is 10.0. The summed E-state index contributed by atoms with van der Waals surface area (Å²) >= 11 is 9.43. The largest absolute Gasteiger partial charge is 0.388 e. The Morgan fingerprint density at radius 2 is 2.29 bits per heavy atom. The summed E-state index contributed by atoms with van der Waals surface area (Å²) < 4.78 is 2.62. The van der Waals surface area contributed by atoms with Gasteiger partial charge in [-0.25, -0.2) is 0 Å². The van der Waals surface area contributed by atoms with Crippen molar-refractivity contribution in [3.8, 4) is 0 Å². The maximum atomic E-state index is 10.1. The minimum absolute atomic E-state index is 0.504. The van der Waals surface area contributed by atoms with E-state index in [0.717, 1.165) is 15.6 Å². The SMILES string of the molecule is Cn1cc(CC(O)c2cc(Br)ccc2Cl)cn1. The molecular formula is C12H12BrClN2O. The highest BCUT2D eigenvalue weighted by Crippen LogP contribution is 2.28. The van der Waals surface area contributed by atoms with Gasteiger partial charge in [0.05, 0.1) is 12.3 Å². The first-order chi connectivity index (χ1) is 8.06. The molecule has 90 valence electrons. The molecule has 2 rings (SSSR count). The fourth-order valence-corrected chi connectivity index (χ4v) is 2.30. The molecule has 0 spiro atoms. The smallest absolute Gasteiger partial charge is 0.0846 e. The minimum Gasteiger partial charge on any atom is -0.388 e. The normalized spacial score (nSPS) is 12.7. The summed E-state index contributed by atoms with van der Waals surface area (Å²) in [6.45, 7) is 0. The van der Waals surface area contributed by atoms with Crippen LogP contribution in [0.5, 0.6) is 0 Å². The summed E-state index contributed by atoms with van der Waals surface area (Å²) in [5.74, 6) is 0. The average molecular weight is 316 g/mol. The van der Waals surface area contributed by atoms with Crippen molar-refractivity contribution >= 4 is 27.5 Å². The molecule has 0 fully saturated rings. The predicted octanol–water partition coefficient (Wildman–Crippen LogP) is 3.11. The van der Waals surface area contributed by atoms with Crippen molar-refractivity contribution in [1.82, 2.24) is 9.78 Å². The Balaban J connectivity index is 2.19. The fraction of sp³-hybridized carbons (Fsp3) is 0.250. The van der Waals surface area contributed by atoms with Crippen LogP contribution in [0.4, 0.5) is 0 Å². The van der Waals surface area contributed by atoms with Crippen LogP contribution in [0.25, 0.3) is 0 Å². The van der Waals surface area contributed by atoms with E-state index in [1.165, 1.54) is 0 Å². The number of aliphatic hydroxyl groups is 1.